The number of morpholine rings is 1. The number of hydrogen-bond donors (Lipinski definition) is 5. The highest BCUT2D eigenvalue weighted by atomic mass is 16.6. The van der Waals surface area contributed by atoms with Crippen LogP contribution in [0.15, 0.2) is 36.5 Å². The summed E-state index contributed by atoms with van der Waals surface area (Å²) in [6.07, 6.45) is 5.64. The Bertz CT molecular complexity index is 2020. The van der Waals surface area contributed by atoms with E-state index in [2.05, 4.69) is 26.2 Å². The number of likely N-dealkylation sites (tertiary alicyclic amines) is 1. The number of aliphatic carboxylic acids is 1. The van der Waals surface area contributed by atoms with Gasteiger partial charge in [0.25, 0.3) is 0 Å². The number of rotatable bonds is 16. The Hall–Kier alpha value is -5.03. The van der Waals surface area contributed by atoms with E-state index in [1.165, 1.54) is 11.3 Å². The highest BCUT2D eigenvalue weighted by molar-refractivity contribution is 5.96. The molecular weight excluding hydrogens is 797 g/mol. The van der Waals surface area contributed by atoms with Crippen LogP contribution in [0.1, 0.15) is 91.8 Å². The van der Waals surface area contributed by atoms with E-state index in [-0.39, 0.29) is 31.0 Å². The minimum absolute atomic E-state index is 0.0151. The number of benzene rings is 1. The smallest absolute Gasteiger partial charge is 0.408 e. The molecule has 6 aliphatic rings. The van der Waals surface area contributed by atoms with E-state index >= 15 is 0 Å². The van der Waals surface area contributed by atoms with E-state index in [0.29, 0.717) is 61.8 Å². The molecule has 3 unspecified atom stereocenters. The van der Waals surface area contributed by atoms with E-state index in [1.807, 2.05) is 78.1 Å². The van der Waals surface area contributed by atoms with Crippen LogP contribution in [0.4, 0.5) is 16.3 Å². The average Bonchev–Trinajstić information content (AvgIpc) is 3.89. The molecule has 8 rings (SSSR count). The van der Waals surface area contributed by atoms with Crippen molar-refractivity contribution in [3.8, 4) is 5.75 Å². The van der Waals surface area contributed by atoms with E-state index in [9.17, 15) is 24.3 Å². The molecule has 0 radical (unpaired) electrons. The van der Waals surface area contributed by atoms with Crippen molar-refractivity contribution in [3.05, 3.63) is 42.1 Å². The van der Waals surface area contributed by atoms with Crippen molar-refractivity contribution < 1.29 is 43.2 Å². The Morgan fingerprint density at radius 1 is 1.05 bits per heavy atom. The number of anilines is 2. The maximum absolute atomic E-state index is 14.8. The topological polar surface area (TPSA) is 198 Å². The highest BCUT2D eigenvalue weighted by Crippen LogP contribution is 2.52. The standard InChI is InChI=1S/C45H64N8O9/c1-7-29-24-45(29,42(56)57)49-40(54)35-22-32(25-52(35)41(55)39(44(4,5)6)48-43(58)62-31-19-27-18-28(27)20-31)61-36-23-38(53-11-10-37(50-53)46-26(2)3)47-34-21-30(8-9-33(34)36)60-17-14-51-12-15-59-16-13-51/h8-11,21,23,26-29,31-32,35,38-39,47H,7,12-20,22,24-25H2,1-6H3,(H,46,50)(H,48,58)(H,49,54)(H,56,57)/t27-,28?,29+,31?,32+,35-,38?,39+,45+/m0/s1. The maximum Gasteiger partial charge on any atom is 0.408 e. The number of amides is 3. The van der Waals surface area contributed by atoms with Crippen LogP contribution in [0.3, 0.4) is 0 Å². The molecule has 3 aliphatic carbocycles. The van der Waals surface area contributed by atoms with Gasteiger partial charge in [-0.2, -0.15) is 5.10 Å². The summed E-state index contributed by atoms with van der Waals surface area (Å²) in [5.41, 5.74) is -0.650. The van der Waals surface area contributed by atoms with Crippen LogP contribution < -0.4 is 26.0 Å². The zero-order valence-electron chi connectivity index (χ0n) is 36.9. The lowest BCUT2D eigenvalue weighted by Crippen LogP contribution is -2.59. The lowest BCUT2D eigenvalue weighted by atomic mass is 9.85. The third kappa shape index (κ3) is 9.63. The molecule has 2 saturated heterocycles. The molecular formula is C45H64N8O9. The van der Waals surface area contributed by atoms with Gasteiger partial charge in [0.05, 0.1) is 25.4 Å². The molecule has 3 saturated carbocycles. The number of aromatic nitrogens is 2. The van der Waals surface area contributed by atoms with Gasteiger partial charge >= 0.3 is 12.1 Å². The van der Waals surface area contributed by atoms with E-state index < -0.39 is 59.2 Å². The second kappa shape index (κ2) is 17.6. The van der Waals surface area contributed by atoms with Gasteiger partial charge in [-0.25, -0.2) is 14.3 Å². The predicted octanol–water partition coefficient (Wildman–Crippen LogP) is 4.67. The van der Waals surface area contributed by atoms with Gasteiger partial charge in [-0.05, 0) is 74.8 Å². The second-order valence-electron chi connectivity index (χ2n) is 19.4. The first-order valence-electron chi connectivity index (χ1n) is 22.5. The lowest BCUT2D eigenvalue weighted by Gasteiger charge is -2.35. The molecule has 9 atom stereocenters. The summed E-state index contributed by atoms with van der Waals surface area (Å²) in [6, 6.07) is 5.73. The number of carbonyl (C=O) groups is 4. The van der Waals surface area contributed by atoms with Gasteiger partial charge in [-0.1, -0.05) is 34.1 Å². The number of nitrogens with zero attached hydrogens (tertiary/aromatic N) is 4. The number of fused-ring (bicyclic) bond motifs is 2. The Balaban J connectivity index is 1.05. The van der Waals surface area contributed by atoms with Gasteiger partial charge in [0.1, 0.15) is 59.9 Å². The lowest BCUT2D eigenvalue weighted by molar-refractivity contribution is -0.146. The first kappa shape index (κ1) is 43.6. The minimum Gasteiger partial charge on any atom is -0.492 e. The van der Waals surface area contributed by atoms with Crippen molar-refractivity contribution in [1.29, 1.82) is 0 Å². The fourth-order valence-corrected chi connectivity index (χ4v) is 9.63. The van der Waals surface area contributed by atoms with Gasteiger partial charge in [-0.15, -0.1) is 0 Å². The van der Waals surface area contributed by atoms with Crippen molar-refractivity contribution in [2.75, 3.05) is 56.6 Å². The highest BCUT2D eigenvalue weighted by Gasteiger charge is 2.61. The van der Waals surface area contributed by atoms with Crippen LogP contribution in [0, 0.1) is 23.2 Å². The summed E-state index contributed by atoms with van der Waals surface area (Å²) in [5, 5.41) is 27.6. The van der Waals surface area contributed by atoms with Crippen molar-refractivity contribution in [3.63, 3.8) is 0 Å². The van der Waals surface area contributed by atoms with E-state index in [4.69, 9.17) is 24.0 Å². The van der Waals surface area contributed by atoms with E-state index in [0.717, 1.165) is 43.7 Å². The SMILES string of the molecule is CC[C@@H]1C[C@]1(NC(=O)[C@@H]1C[C@@H](OC2=CC(n3ccc(NC(C)C)n3)Nc3cc(OCCN4CCOCC4)ccc32)CN1C(=O)[C@@H](NC(=O)OC1CC2C[C@H]2C1)C(C)(C)C)C(=O)O. The molecule has 1 aromatic heterocycles. The van der Waals surface area contributed by atoms with Crippen LogP contribution >= 0.6 is 0 Å². The zero-order valence-corrected chi connectivity index (χ0v) is 36.9. The van der Waals surface area contributed by atoms with Crippen LogP contribution in [-0.2, 0) is 28.6 Å². The van der Waals surface area contributed by atoms with E-state index in [1.54, 1.807) is 4.68 Å². The summed E-state index contributed by atoms with van der Waals surface area (Å²) >= 11 is 0. The number of alkyl carbamates (subject to hydrolysis) is 1. The largest absolute Gasteiger partial charge is 0.492 e. The first-order chi connectivity index (χ1) is 29.6. The Morgan fingerprint density at radius 3 is 2.48 bits per heavy atom. The molecule has 1 aromatic carbocycles. The first-order valence-corrected chi connectivity index (χ1v) is 22.5. The van der Waals surface area contributed by atoms with Crippen LogP contribution in [0.25, 0.3) is 5.76 Å². The van der Waals surface area contributed by atoms with Crippen molar-refractivity contribution in [2.24, 2.45) is 23.2 Å². The minimum atomic E-state index is -1.40. The fourth-order valence-electron chi connectivity index (χ4n) is 9.63. The number of nitrogens with one attached hydrogen (secondary N) is 4. The van der Waals surface area contributed by atoms with Crippen LogP contribution in [0.2, 0.25) is 0 Å². The Labute approximate surface area is 363 Å². The van der Waals surface area contributed by atoms with Gasteiger partial charge in [0, 0.05) is 62.1 Å². The summed E-state index contributed by atoms with van der Waals surface area (Å²) < 4.78 is 26.2. The summed E-state index contributed by atoms with van der Waals surface area (Å²) in [4.78, 5) is 58.7. The molecule has 4 heterocycles. The zero-order chi connectivity index (χ0) is 43.9. The molecule has 5 fully saturated rings. The fraction of sp³-hybridized carbons (Fsp3) is 0.667. The number of carboxylic acid groups (broad SMARTS) is 1. The maximum atomic E-state index is 14.8. The van der Waals surface area contributed by atoms with Crippen LogP contribution in [-0.4, -0.2) is 130 Å². The summed E-state index contributed by atoms with van der Waals surface area (Å²) in [7, 11) is 0. The van der Waals surface area contributed by atoms with Crippen LogP contribution in [0.5, 0.6) is 5.75 Å². The van der Waals surface area contributed by atoms with Gasteiger partial charge < -0.3 is 50.2 Å². The molecule has 17 nitrogen and oxygen atoms in total. The third-order valence-electron chi connectivity index (χ3n) is 13.3. The van der Waals surface area contributed by atoms with Crippen molar-refractivity contribution in [1.82, 2.24) is 30.2 Å². The summed E-state index contributed by atoms with van der Waals surface area (Å²) in [6.45, 7) is 16.0. The molecule has 17 heteroatoms. The van der Waals surface area contributed by atoms with Crippen molar-refractivity contribution >= 4 is 41.1 Å². The molecule has 0 bridgehead atoms. The Morgan fingerprint density at radius 2 is 1.81 bits per heavy atom. The number of ether oxygens (including phenoxy) is 4. The molecule has 3 amide bonds. The Kier molecular flexibility index (Phi) is 12.4. The van der Waals surface area contributed by atoms with Gasteiger partial charge in [0.15, 0.2) is 0 Å². The normalized spacial score (nSPS) is 29.4. The molecule has 5 N–H and O–H groups in total. The molecule has 62 heavy (non-hydrogen) atoms. The number of carbonyl (C=O) groups excluding carboxylic acids is 3. The molecule has 3 aliphatic heterocycles. The summed E-state index contributed by atoms with van der Waals surface area (Å²) in [5.74, 6) is 0.785. The molecule has 2 aromatic rings. The number of hydrogen-bond acceptors (Lipinski definition) is 12. The predicted molar refractivity (Wildman–Crippen MR) is 230 cm³/mol. The third-order valence-corrected chi connectivity index (χ3v) is 13.3. The second-order valence-corrected chi connectivity index (χ2v) is 19.4. The van der Waals surface area contributed by atoms with Gasteiger partial charge in [0.2, 0.25) is 11.8 Å². The quantitative estimate of drug-likeness (QED) is 0.156. The molecule has 0 spiro atoms. The molecule has 338 valence electrons. The van der Waals surface area contributed by atoms with Gasteiger partial charge in [-0.3, -0.25) is 14.5 Å². The number of carboxylic acids is 1. The monoisotopic (exact) mass is 860 g/mol. The average molecular weight is 861 g/mol. The van der Waals surface area contributed by atoms with Crippen molar-refractivity contribution in [2.45, 2.75) is 122 Å².